The molecule has 0 radical (unpaired) electrons. The molecule has 0 aliphatic carbocycles. The number of imidazole rings is 1. The van der Waals surface area contributed by atoms with Crippen molar-refractivity contribution in [3.05, 3.63) is 54.4 Å². The fraction of sp³-hybridized carbons (Fsp3) is 0.273. The minimum Gasteiger partial charge on any atom is -0.379 e. The van der Waals surface area contributed by atoms with Gasteiger partial charge in [0.2, 0.25) is 5.82 Å². The molecule has 2 aromatic heterocycles. The summed E-state index contributed by atoms with van der Waals surface area (Å²) in [6.45, 7) is 5.45. The molecule has 8 heteroatoms. The molecule has 30 heavy (non-hydrogen) atoms. The normalized spacial score (nSPS) is 14.8. The third-order valence-corrected chi connectivity index (χ3v) is 5.33. The van der Waals surface area contributed by atoms with E-state index in [0.29, 0.717) is 17.3 Å². The second-order valence-corrected chi connectivity index (χ2v) is 7.21. The number of nitriles is 1. The van der Waals surface area contributed by atoms with Gasteiger partial charge in [-0.05, 0) is 42.5 Å². The zero-order chi connectivity index (χ0) is 20.3. The molecule has 0 spiro atoms. The van der Waals surface area contributed by atoms with E-state index in [1.165, 1.54) is 0 Å². The third-order valence-electron chi connectivity index (χ3n) is 5.33. The number of aromatic nitrogens is 4. The summed E-state index contributed by atoms with van der Waals surface area (Å²) in [4.78, 5) is 11.5. The van der Waals surface area contributed by atoms with Gasteiger partial charge in [-0.3, -0.25) is 4.90 Å². The van der Waals surface area contributed by atoms with Crippen molar-refractivity contribution in [2.75, 3.05) is 32.8 Å². The number of benzene rings is 2. The van der Waals surface area contributed by atoms with Crippen LogP contribution < -0.4 is 0 Å². The largest absolute Gasteiger partial charge is 0.379 e. The van der Waals surface area contributed by atoms with E-state index >= 15 is 0 Å². The van der Waals surface area contributed by atoms with E-state index in [1.807, 2.05) is 18.5 Å². The van der Waals surface area contributed by atoms with Crippen molar-refractivity contribution in [2.24, 2.45) is 0 Å². The summed E-state index contributed by atoms with van der Waals surface area (Å²) >= 11 is 0. The molecule has 1 saturated heterocycles. The van der Waals surface area contributed by atoms with Crippen LogP contribution >= 0.6 is 0 Å². The molecule has 3 heterocycles. The minimum atomic E-state index is 0.422. The summed E-state index contributed by atoms with van der Waals surface area (Å²) in [5.74, 6) is 0.935. The van der Waals surface area contributed by atoms with Gasteiger partial charge in [-0.1, -0.05) is 5.16 Å². The Morgan fingerprint density at radius 3 is 2.60 bits per heavy atom. The van der Waals surface area contributed by atoms with Crippen LogP contribution in [0.4, 0.5) is 0 Å². The molecule has 4 aromatic rings. The predicted octanol–water partition coefficient (Wildman–Crippen LogP) is 2.96. The van der Waals surface area contributed by atoms with E-state index in [4.69, 9.17) is 14.5 Å². The Labute approximate surface area is 173 Å². The van der Waals surface area contributed by atoms with Gasteiger partial charge < -0.3 is 13.8 Å². The monoisotopic (exact) mass is 400 g/mol. The fourth-order valence-corrected chi connectivity index (χ4v) is 3.60. The first-order valence-electron chi connectivity index (χ1n) is 9.90. The maximum Gasteiger partial charge on any atom is 0.258 e. The Morgan fingerprint density at radius 2 is 1.80 bits per heavy atom. The standard InChI is InChI=1S/C22H20N6O2/c23-14-16-1-3-17(4-2-16)22-25-21(26-30-22)18-5-6-20-19(13-18)24-15-28(20)8-7-27-9-11-29-12-10-27/h1-6,13,15H,7-12H2. The van der Waals surface area contributed by atoms with Crippen molar-refractivity contribution in [3.8, 4) is 28.9 Å². The first-order valence-corrected chi connectivity index (χ1v) is 9.90. The summed E-state index contributed by atoms with van der Waals surface area (Å²) in [5, 5.41) is 13.0. The Bertz CT molecular complexity index is 1200. The van der Waals surface area contributed by atoms with E-state index in [1.54, 1.807) is 24.3 Å². The lowest BCUT2D eigenvalue weighted by molar-refractivity contribution is 0.0365. The van der Waals surface area contributed by atoms with Crippen LogP contribution in [-0.4, -0.2) is 57.4 Å². The van der Waals surface area contributed by atoms with Crippen molar-refractivity contribution in [1.82, 2.24) is 24.6 Å². The van der Waals surface area contributed by atoms with Crippen LogP contribution in [0.2, 0.25) is 0 Å². The molecular formula is C22H20N6O2. The predicted molar refractivity (Wildman–Crippen MR) is 110 cm³/mol. The van der Waals surface area contributed by atoms with Gasteiger partial charge in [-0.25, -0.2) is 4.98 Å². The molecule has 1 fully saturated rings. The van der Waals surface area contributed by atoms with Gasteiger partial charge in [-0.15, -0.1) is 0 Å². The van der Waals surface area contributed by atoms with Gasteiger partial charge in [0.1, 0.15) is 0 Å². The first kappa shape index (κ1) is 18.5. The summed E-state index contributed by atoms with van der Waals surface area (Å²) in [7, 11) is 0. The topological polar surface area (TPSA) is 93.0 Å². The molecule has 150 valence electrons. The highest BCUT2D eigenvalue weighted by Crippen LogP contribution is 2.25. The zero-order valence-electron chi connectivity index (χ0n) is 16.4. The molecule has 5 rings (SSSR count). The molecular weight excluding hydrogens is 380 g/mol. The minimum absolute atomic E-state index is 0.422. The number of fused-ring (bicyclic) bond motifs is 1. The zero-order valence-corrected chi connectivity index (χ0v) is 16.4. The third kappa shape index (κ3) is 3.68. The average Bonchev–Trinajstić information content (AvgIpc) is 3.45. The lowest BCUT2D eigenvalue weighted by Gasteiger charge is -2.26. The molecule has 0 saturated carbocycles. The molecule has 8 nitrogen and oxygen atoms in total. The second kappa shape index (κ2) is 8.06. The van der Waals surface area contributed by atoms with Crippen LogP contribution in [0, 0.1) is 11.3 Å². The van der Waals surface area contributed by atoms with Crippen molar-refractivity contribution >= 4 is 11.0 Å². The van der Waals surface area contributed by atoms with E-state index < -0.39 is 0 Å². The molecule has 0 unspecified atom stereocenters. The Balaban J connectivity index is 1.34. The van der Waals surface area contributed by atoms with Crippen LogP contribution in [0.1, 0.15) is 5.56 Å². The lowest BCUT2D eigenvalue weighted by atomic mass is 10.1. The van der Waals surface area contributed by atoms with E-state index in [2.05, 4.69) is 36.7 Å². The number of rotatable bonds is 5. The van der Waals surface area contributed by atoms with Gasteiger partial charge in [0.15, 0.2) is 0 Å². The van der Waals surface area contributed by atoms with Crippen LogP contribution in [0.3, 0.4) is 0 Å². The average molecular weight is 400 g/mol. The Hall–Kier alpha value is -3.54. The number of ether oxygens (including phenoxy) is 1. The summed E-state index contributed by atoms with van der Waals surface area (Å²) in [6, 6.07) is 15.2. The molecule has 0 atom stereocenters. The van der Waals surface area contributed by atoms with E-state index in [9.17, 15) is 0 Å². The maximum absolute atomic E-state index is 8.92. The smallest absolute Gasteiger partial charge is 0.258 e. The molecule has 0 bridgehead atoms. The molecule has 1 aliphatic rings. The molecule has 2 aromatic carbocycles. The highest BCUT2D eigenvalue weighted by Gasteiger charge is 2.14. The van der Waals surface area contributed by atoms with Crippen molar-refractivity contribution in [1.29, 1.82) is 5.26 Å². The van der Waals surface area contributed by atoms with Gasteiger partial charge in [0, 0.05) is 37.3 Å². The van der Waals surface area contributed by atoms with Crippen LogP contribution in [-0.2, 0) is 11.3 Å². The highest BCUT2D eigenvalue weighted by molar-refractivity contribution is 5.80. The number of nitrogens with zero attached hydrogens (tertiary/aromatic N) is 6. The van der Waals surface area contributed by atoms with Gasteiger partial charge in [0.25, 0.3) is 5.89 Å². The van der Waals surface area contributed by atoms with Crippen LogP contribution in [0.5, 0.6) is 0 Å². The number of hydrogen-bond acceptors (Lipinski definition) is 7. The Morgan fingerprint density at radius 1 is 1.00 bits per heavy atom. The fourth-order valence-electron chi connectivity index (χ4n) is 3.60. The number of morpholine rings is 1. The number of hydrogen-bond donors (Lipinski definition) is 0. The van der Waals surface area contributed by atoms with Crippen molar-refractivity contribution in [3.63, 3.8) is 0 Å². The SMILES string of the molecule is N#Cc1ccc(-c2nc(-c3ccc4c(c3)ncn4CCN3CCOCC3)no2)cc1. The summed E-state index contributed by atoms with van der Waals surface area (Å²) in [5.41, 5.74) is 4.21. The first-order chi connectivity index (χ1) is 14.8. The van der Waals surface area contributed by atoms with Gasteiger partial charge in [0.05, 0.1) is 42.2 Å². The molecule has 0 amide bonds. The molecule has 0 N–H and O–H groups in total. The second-order valence-electron chi connectivity index (χ2n) is 7.21. The summed E-state index contributed by atoms with van der Waals surface area (Å²) < 4.78 is 13.0. The Kier molecular flexibility index (Phi) is 4.97. The highest BCUT2D eigenvalue weighted by atomic mass is 16.5. The quantitative estimate of drug-likeness (QED) is 0.508. The lowest BCUT2D eigenvalue weighted by Crippen LogP contribution is -2.38. The van der Waals surface area contributed by atoms with Gasteiger partial charge >= 0.3 is 0 Å². The van der Waals surface area contributed by atoms with Gasteiger partial charge in [-0.2, -0.15) is 10.2 Å². The molecule has 1 aliphatic heterocycles. The van der Waals surface area contributed by atoms with Crippen LogP contribution in [0.25, 0.3) is 33.9 Å². The van der Waals surface area contributed by atoms with Crippen molar-refractivity contribution in [2.45, 2.75) is 6.54 Å². The maximum atomic E-state index is 8.92. The van der Waals surface area contributed by atoms with E-state index in [-0.39, 0.29) is 0 Å². The summed E-state index contributed by atoms with van der Waals surface area (Å²) in [6.07, 6.45) is 1.88. The van der Waals surface area contributed by atoms with Crippen LogP contribution in [0.15, 0.2) is 53.3 Å². The van der Waals surface area contributed by atoms with E-state index in [0.717, 1.165) is 61.6 Å². The van der Waals surface area contributed by atoms with Crippen molar-refractivity contribution < 1.29 is 9.26 Å².